The van der Waals surface area contributed by atoms with Gasteiger partial charge in [0.15, 0.2) is 0 Å². The zero-order valence-electron chi connectivity index (χ0n) is 14.1. The Labute approximate surface area is 130 Å². The summed E-state index contributed by atoms with van der Waals surface area (Å²) in [5, 5.41) is 3.71. The van der Waals surface area contributed by atoms with E-state index in [0.29, 0.717) is 0 Å². The highest BCUT2D eigenvalue weighted by molar-refractivity contribution is 4.96. The van der Waals surface area contributed by atoms with Crippen LogP contribution in [0.2, 0.25) is 0 Å². The first kappa shape index (κ1) is 15.8. The molecule has 0 aromatic carbocycles. The van der Waals surface area contributed by atoms with E-state index in [2.05, 4.69) is 24.1 Å². The second-order valence-corrected chi connectivity index (χ2v) is 7.50. The summed E-state index contributed by atoms with van der Waals surface area (Å²) in [6, 6.07) is 1.53. The number of piperidine rings is 1. The molecule has 2 aliphatic heterocycles. The third-order valence-corrected chi connectivity index (χ3v) is 6.25. The van der Waals surface area contributed by atoms with Gasteiger partial charge in [-0.1, -0.05) is 33.1 Å². The SMILES string of the molecule is CCNC1CCN(C2CCOC3(CCCC3)C2)CC1CC. The summed E-state index contributed by atoms with van der Waals surface area (Å²) in [5.74, 6) is 0.834. The summed E-state index contributed by atoms with van der Waals surface area (Å²) in [4.78, 5) is 2.81. The van der Waals surface area contributed by atoms with Gasteiger partial charge in [-0.3, -0.25) is 4.90 Å². The van der Waals surface area contributed by atoms with Crippen molar-refractivity contribution in [3.63, 3.8) is 0 Å². The maximum atomic E-state index is 6.22. The van der Waals surface area contributed by atoms with E-state index < -0.39 is 0 Å². The molecule has 3 fully saturated rings. The first-order valence-electron chi connectivity index (χ1n) is 9.38. The van der Waals surface area contributed by atoms with Crippen molar-refractivity contribution in [2.45, 2.75) is 82.9 Å². The molecule has 0 bridgehead atoms. The summed E-state index contributed by atoms with van der Waals surface area (Å²) in [6.07, 6.45) is 10.6. The lowest BCUT2D eigenvalue weighted by molar-refractivity contribution is -0.107. The van der Waals surface area contributed by atoms with Gasteiger partial charge in [0.05, 0.1) is 5.60 Å². The maximum absolute atomic E-state index is 6.22. The highest BCUT2D eigenvalue weighted by Gasteiger charge is 2.42. The van der Waals surface area contributed by atoms with Crippen LogP contribution in [0, 0.1) is 5.92 Å². The van der Waals surface area contributed by atoms with Crippen molar-refractivity contribution >= 4 is 0 Å². The predicted molar refractivity (Wildman–Crippen MR) is 87.6 cm³/mol. The fourth-order valence-corrected chi connectivity index (χ4v) is 5.02. The Morgan fingerprint density at radius 3 is 2.71 bits per heavy atom. The average Bonchev–Trinajstić information content (AvgIpc) is 2.95. The van der Waals surface area contributed by atoms with E-state index in [1.54, 1.807) is 0 Å². The van der Waals surface area contributed by atoms with Crippen molar-refractivity contribution in [2.75, 3.05) is 26.2 Å². The highest BCUT2D eigenvalue weighted by atomic mass is 16.5. The molecule has 2 saturated heterocycles. The number of nitrogens with zero attached hydrogens (tertiary/aromatic N) is 1. The predicted octanol–water partition coefficient (Wildman–Crippen LogP) is 3.19. The Hall–Kier alpha value is -0.120. The molecule has 1 N–H and O–H groups in total. The van der Waals surface area contributed by atoms with Crippen LogP contribution < -0.4 is 5.32 Å². The average molecular weight is 294 g/mol. The van der Waals surface area contributed by atoms with Crippen LogP contribution in [0.15, 0.2) is 0 Å². The van der Waals surface area contributed by atoms with Crippen molar-refractivity contribution in [3.8, 4) is 0 Å². The van der Waals surface area contributed by atoms with Gasteiger partial charge < -0.3 is 10.1 Å². The van der Waals surface area contributed by atoms with Crippen LogP contribution in [0.4, 0.5) is 0 Å². The van der Waals surface area contributed by atoms with Crippen LogP contribution in [-0.2, 0) is 4.74 Å². The summed E-state index contributed by atoms with van der Waals surface area (Å²) < 4.78 is 6.22. The lowest BCUT2D eigenvalue weighted by Crippen LogP contribution is -2.55. The van der Waals surface area contributed by atoms with Gasteiger partial charge in [-0.15, -0.1) is 0 Å². The molecule has 0 aromatic heterocycles. The van der Waals surface area contributed by atoms with Crippen LogP contribution in [0.1, 0.15) is 65.2 Å². The summed E-state index contributed by atoms with van der Waals surface area (Å²) in [7, 11) is 0. The zero-order chi connectivity index (χ0) is 14.7. The van der Waals surface area contributed by atoms with Gasteiger partial charge in [-0.2, -0.15) is 0 Å². The Bertz CT molecular complexity index is 327. The molecule has 3 atom stereocenters. The Morgan fingerprint density at radius 1 is 1.19 bits per heavy atom. The molecular formula is C18H34N2O. The van der Waals surface area contributed by atoms with E-state index in [1.807, 2.05) is 0 Å². The molecule has 3 rings (SSSR count). The number of rotatable bonds is 4. The van der Waals surface area contributed by atoms with Crippen LogP contribution in [0.5, 0.6) is 0 Å². The van der Waals surface area contributed by atoms with Gasteiger partial charge in [-0.05, 0) is 51.1 Å². The lowest BCUT2D eigenvalue weighted by Gasteiger charge is -2.47. The number of hydrogen-bond acceptors (Lipinski definition) is 3. The van der Waals surface area contributed by atoms with Crippen LogP contribution >= 0.6 is 0 Å². The Kier molecular flexibility index (Phi) is 5.23. The van der Waals surface area contributed by atoms with E-state index in [0.717, 1.165) is 31.2 Å². The number of nitrogens with one attached hydrogen (secondary N) is 1. The molecule has 0 aromatic rings. The van der Waals surface area contributed by atoms with E-state index in [1.165, 1.54) is 64.5 Å². The number of hydrogen-bond donors (Lipinski definition) is 1. The molecule has 1 aliphatic carbocycles. The molecule has 122 valence electrons. The first-order chi connectivity index (χ1) is 10.3. The quantitative estimate of drug-likeness (QED) is 0.862. The molecule has 21 heavy (non-hydrogen) atoms. The van der Waals surface area contributed by atoms with Gasteiger partial charge in [0.1, 0.15) is 0 Å². The van der Waals surface area contributed by atoms with E-state index in [9.17, 15) is 0 Å². The molecule has 1 saturated carbocycles. The summed E-state index contributed by atoms with van der Waals surface area (Å²) in [5.41, 5.74) is 0.267. The molecule has 3 heteroatoms. The number of likely N-dealkylation sites (tertiary alicyclic amines) is 1. The third-order valence-electron chi connectivity index (χ3n) is 6.25. The minimum atomic E-state index is 0.267. The third kappa shape index (κ3) is 3.46. The Balaban J connectivity index is 1.59. The van der Waals surface area contributed by atoms with Gasteiger partial charge >= 0.3 is 0 Å². The maximum Gasteiger partial charge on any atom is 0.0697 e. The largest absolute Gasteiger partial charge is 0.375 e. The smallest absolute Gasteiger partial charge is 0.0697 e. The van der Waals surface area contributed by atoms with Crippen molar-refractivity contribution in [2.24, 2.45) is 5.92 Å². The van der Waals surface area contributed by atoms with Gasteiger partial charge in [-0.25, -0.2) is 0 Å². The van der Waals surface area contributed by atoms with Gasteiger partial charge in [0.2, 0.25) is 0 Å². The molecule has 3 aliphatic rings. The first-order valence-corrected chi connectivity index (χ1v) is 9.38. The second-order valence-electron chi connectivity index (χ2n) is 7.50. The normalized spacial score (nSPS) is 37.1. The molecule has 1 spiro atoms. The fourth-order valence-electron chi connectivity index (χ4n) is 5.02. The lowest BCUT2D eigenvalue weighted by atomic mass is 9.84. The van der Waals surface area contributed by atoms with Crippen molar-refractivity contribution in [1.29, 1.82) is 0 Å². The molecule has 3 nitrogen and oxygen atoms in total. The van der Waals surface area contributed by atoms with Gasteiger partial charge in [0.25, 0.3) is 0 Å². The van der Waals surface area contributed by atoms with Crippen molar-refractivity contribution < 1.29 is 4.74 Å². The van der Waals surface area contributed by atoms with E-state index >= 15 is 0 Å². The zero-order valence-corrected chi connectivity index (χ0v) is 14.1. The standard InChI is InChI=1S/C18H34N2O/c1-3-15-14-20(11-7-17(15)19-4-2)16-8-12-21-18(13-16)9-5-6-10-18/h15-17,19H,3-14H2,1-2H3. The van der Waals surface area contributed by atoms with Crippen LogP contribution in [0.3, 0.4) is 0 Å². The summed E-state index contributed by atoms with van der Waals surface area (Å²) >= 11 is 0. The minimum Gasteiger partial charge on any atom is -0.375 e. The molecular weight excluding hydrogens is 260 g/mol. The van der Waals surface area contributed by atoms with Gasteiger partial charge in [0, 0.05) is 25.2 Å². The fraction of sp³-hybridized carbons (Fsp3) is 1.00. The molecule has 0 amide bonds. The molecule has 2 heterocycles. The molecule has 0 radical (unpaired) electrons. The summed E-state index contributed by atoms with van der Waals surface area (Å²) in [6.45, 7) is 9.29. The van der Waals surface area contributed by atoms with Crippen molar-refractivity contribution in [1.82, 2.24) is 10.2 Å². The second kappa shape index (κ2) is 6.97. The molecule has 3 unspecified atom stereocenters. The number of ether oxygens (including phenoxy) is 1. The van der Waals surface area contributed by atoms with Crippen molar-refractivity contribution in [3.05, 3.63) is 0 Å². The van der Waals surface area contributed by atoms with E-state index in [-0.39, 0.29) is 5.60 Å². The topological polar surface area (TPSA) is 24.5 Å². The van der Waals surface area contributed by atoms with Crippen LogP contribution in [-0.4, -0.2) is 48.8 Å². The minimum absolute atomic E-state index is 0.267. The monoisotopic (exact) mass is 294 g/mol. The highest BCUT2D eigenvalue weighted by Crippen LogP contribution is 2.41. The Morgan fingerprint density at radius 2 is 2.00 bits per heavy atom. The van der Waals surface area contributed by atoms with E-state index in [4.69, 9.17) is 4.74 Å². The van der Waals surface area contributed by atoms with Crippen LogP contribution in [0.25, 0.3) is 0 Å².